The fourth-order valence-electron chi connectivity index (χ4n) is 3.26. The molecule has 2 heterocycles. The number of halogens is 2. The molecule has 0 spiro atoms. The minimum atomic E-state index is -0.610. The van der Waals surface area contributed by atoms with Gasteiger partial charge in [0, 0.05) is 12.2 Å². The predicted molar refractivity (Wildman–Crippen MR) is 106 cm³/mol. The van der Waals surface area contributed by atoms with Gasteiger partial charge in [-0.05, 0) is 36.8 Å². The van der Waals surface area contributed by atoms with E-state index in [9.17, 15) is 14.4 Å². The highest BCUT2D eigenvalue weighted by Gasteiger charge is 2.31. The minimum absolute atomic E-state index is 0.0496. The van der Waals surface area contributed by atoms with Gasteiger partial charge in [0.2, 0.25) is 0 Å². The molecule has 0 saturated heterocycles. The zero-order valence-corrected chi connectivity index (χ0v) is 16.1. The molecule has 142 valence electrons. The van der Waals surface area contributed by atoms with Crippen LogP contribution in [0, 0.1) is 0 Å². The number of esters is 1. The van der Waals surface area contributed by atoms with Crippen LogP contribution in [0.3, 0.4) is 0 Å². The third-order valence-electron chi connectivity index (χ3n) is 4.66. The molecule has 0 unspecified atom stereocenters. The van der Waals surface area contributed by atoms with E-state index in [4.69, 9.17) is 32.4 Å². The Morgan fingerprint density at radius 3 is 2.68 bits per heavy atom. The highest BCUT2D eigenvalue weighted by atomic mass is 35.5. The van der Waals surface area contributed by atoms with Gasteiger partial charge in [-0.1, -0.05) is 29.3 Å². The molecule has 28 heavy (non-hydrogen) atoms. The molecule has 6 nitrogen and oxygen atoms in total. The lowest BCUT2D eigenvalue weighted by Crippen LogP contribution is -2.40. The lowest BCUT2D eigenvalue weighted by Gasteiger charge is -2.27. The second-order valence-corrected chi connectivity index (χ2v) is 7.03. The molecule has 1 aliphatic heterocycles. The first-order valence-corrected chi connectivity index (χ1v) is 9.12. The van der Waals surface area contributed by atoms with Gasteiger partial charge in [-0.25, -0.2) is 4.79 Å². The summed E-state index contributed by atoms with van der Waals surface area (Å²) in [7, 11) is 1.25. The molecule has 1 amide bonds. The number of methoxy groups -OCH3 is 1. The van der Waals surface area contributed by atoms with Crippen LogP contribution in [0.25, 0.3) is 11.0 Å². The zero-order chi connectivity index (χ0) is 20.0. The number of rotatable bonds is 2. The summed E-state index contributed by atoms with van der Waals surface area (Å²) >= 11 is 12.2. The molecular formula is C20H13Cl2NO5. The van der Waals surface area contributed by atoms with Crippen molar-refractivity contribution in [2.45, 2.75) is 6.42 Å². The average molecular weight is 418 g/mol. The first-order chi connectivity index (χ1) is 13.4. The van der Waals surface area contributed by atoms with Crippen molar-refractivity contribution in [3.63, 3.8) is 0 Å². The Kier molecular flexibility index (Phi) is 4.61. The van der Waals surface area contributed by atoms with Crippen LogP contribution in [0.2, 0.25) is 10.0 Å². The molecule has 0 radical (unpaired) electrons. The van der Waals surface area contributed by atoms with Crippen molar-refractivity contribution in [2.75, 3.05) is 18.6 Å². The van der Waals surface area contributed by atoms with Gasteiger partial charge < -0.3 is 14.1 Å². The van der Waals surface area contributed by atoms with Crippen LogP contribution in [-0.4, -0.2) is 25.5 Å². The maximum absolute atomic E-state index is 13.1. The maximum atomic E-state index is 13.1. The molecule has 0 atom stereocenters. The van der Waals surface area contributed by atoms with Crippen LogP contribution in [0.1, 0.15) is 26.5 Å². The normalized spacial score (nSPS) is 13.5. The number of carbonyl (C=O) groups excluding carboxylic acids is 2. The third kappa shape index (κ3) is 2.85. The summed E-state index contributed by atoms with van der Waals surface area (Å²) in [4.78, 5) is 39.2. The number of anilines is 1. The van der Waals surface area contributed by atoms with Gasteiger partial charge in [-0.3, -0.25) is 9.59 Å². The summed E-state index contributed by atoms with van der Waals surface area (Å²) in [5.41, 5.74) is 0.816. The van der Waals surface area contributed by atoms with Crippen molar-refractivity contribution in [3.8, 4) is 0 Å². The summed E-state index contributed by atoms with van der Waals surface area (Å²) in [6.45, 7) is 0.255. The summed E-state index contributed by atoms with van der Waals surface area (Å²) in [6, 6.07) is 9.47. The van der Waals surface area contributed by atoms with Crippen molar-refractivity contribution in [1.82, 2.24) is 0 Å². The Morgan fingerprint density at radius 2 is 1.93 bits per heavy atom. The van der Waals surface area contributed by atoms with Gasteiger partial charge in [0.05, 0.1) is 33.7 Å². The summed E-state index contributed by atoms with van der Waals surface area (Å²) in [5, 5.41) is 0.804. The smallest absolute Gasteiger partial charge is 0.339 e. The highest BCUT2D eigenvalue weighted by Crippen LogP contribution is 2.30. The van der Waals surface area contributed by atoms with E-state index in [0.29, 0.717) is 23.1 Å². The first kappa shape index (κ1) is 18.5. The van der Waals surface area contributed by atoms with Gasteiger partial charge in [0.25, 0.3) is 5.91 Å². The van der Waals surface area contributed by atoms with Crippen molar-refractivity contribution >= 4 is 51.7 Å². The Labute approximate surface area is 169 Å². The lowest BCUT2D eigenvalue weighted by atomic mass is 10.0. The molecule has 0 saturated carbocycles. The molecule has 4 rings (SSSR count). The monoisotopic (exact) mass is 417 g/mol. The summed E-state index contributed by atoms with van der Waals surface area (Å²) in [5.74, 6) is -1.15. The largest absolute Gasteiger partial charge is 0.465 e. The number of benzene rings is 2. The Hall–Kier alpha value is -2.83. The number of ether oxygens (including phenoxy) is 1. The highest BCUT2D eigenvalue weighted by molar-refractivity contribution is 6.35. The molecule has 0 fully saturated rings. The third-order valence-corrected chi connectivity index (χ3v) is 5.28. The van der Waals surface area contributed by atoms with Crippen LogP contribution in [0.5, 0.6) is 0 Å². The quantitative estimate of drug-likeness (QED) is 0.586. The fraction of sp³-hybridized carbons (Fsp3) is 0.150. The maximum Gasteiger partial charge on any atom is 0.339 e. The van der Waals surface area contributed by atoms with Crippen molar-refractivity contribution in [1.29, 1.82) is 0 Å². The predicted octanol–water partition coefficient (Wildman–Crippen LogP) is 4.09. The zero-order valence-electron chi connectivity index (χ0n) is 14.6. The summed E-state index contributed by atoms with van der Waals surface area (Å²) < 4.78 is 10.5. The van der Waals surface area contributed by atoms with Gasteiger partial charge in [-0.15, -0.1) is 0 Å². The molecule has 1 aliphatic rings. The molecular weight excluding hydrogens is 405 g/mol. The lowest BCUT2D eigenvalue weighted by molar-refractivity contribution is 0.0600. The molecule has 0 N–H and O–H groups in total. The van der Waals surface area contributed by atoms with E-state index < -0.39 is 11.9 Å². The molecule has 0 aliphatic carbocycles. The van der Waals surface area contributed by atoms with Crippen LogP contribution in [-0.2, 0) is 11.2 Å². The molecule has 0 bridgehead atoms. The van der Waals surface area contributed by atoms with Crippen molar-refractivity contribution in [3.05, 3.63) is 73.6 Å². The van der Waals surface area contributed by atoms with E-state index in [-0.39, 0.29) is 38.9 Å². The standard InChI is InChI=1S/C20H13Cl2NO5/c1-27-20(26)13-9-10(5-6-14(13)21)23-8-7-12-16(24)11-3-2-4-15(22)17(11)28-18(12)19(23)25/h2-6,9H,7-8H2,1H3. The van der Waals surface area contributed by atoms with Crippen LogP contribution in [0.15, 0.2) is 45.6 Å². The van der Waals surface area contributed by atoms with E-state index in [1.807, 2.05) is 0 Å². The first-order valence-electron chi connectivity index (χ1n) is 8.36. The Morgan fingerprint density at radius 1 is 1.14 bits per heavy atom. The number of para-hydroxylation sites is 1. The molecule has 8 heteroatoms. The van der Waals surface area contributed by atoms with Gasteiger partial charge in [-0.2, -0.15) is 0 Å². The van der Waals surface area contributed by atoms with E-state index in [2.05, 4.69) is 0 Å². The van der Waals surface area contributed by atoms with Gasteiger partial charge >= 0.3 is 5.97 Å². The number of nitrogens with zero attached hydrogens (tertiary/aromatic N) is 1. The Balaban J connectivity index is 1.83. The van der Waals surface area contributed by atoms with Crippen LogP contribution < -0.4 is 10.3 Å². The number of fused-ring (bicyclic) bond motifs is 2. The number of hydrogen-bond acceptors (Lipinski definition) is 5. The van der Waals surface area contributed by atoms with Gasteiger partial charge in [0.1, 0.15) is 0 Å². The number of amides is 1. The van der Waals surface area contributed by atoms with Crippen LogP contribution in [0.4, 0.5) is 5.69 Å². The number of carbonyl (C=O) groups is 2. The summed E-state index contributed by atoms with van der Waals surface area (Å²) in [6.07, 6.45) is 0.308. The molecule has 1 aromatic heterocycles. The second-order valence-electron chi connectivity index (χ2n) is 6.22. The average Bonchev–Trinajstić information content (AvgIpc) is 2.70. The number of hydrogen-bond donors (Lipinski definition) is 0. The molecule has 3 aromatic rings. The van der Waals surface area contributed by atoms with E-state index >= 15 is 0 Å². The SMILES string of the molecule is COC(=O)c1cc(N2CCc3c(oc4c(Cl)cccc4c3=O)C2=O)ccc1Cl. The van der Waals surface area contributed by atoms with E-state index in [1.54, 1.807) is 24.3 Å². The minimum Gasteiger partial charge on any atom is -0.465 e. The van der Waals surface area contributed by atoms with Crippen LogP contribution >= 0.6 is 23.2 Å². The fourth-order valence-corrected chi connectivity index (χ4v) is 3.67. The van der Waals surface area contributed by atoms with Gasteiger partial charge in [0.15, 0.2) is 16.8 Å². The Bertz CT molecular complexity index is 1200. The van der Waals surface area contributed by atoms with E-state index in [1.165, 1.54) is 24.1 Å². The van der Waals surface area contributed by atoms with E-state index in [0.717, 1.165) is 0 Å². The second kappa shape index (κ2) is 6.96. The topological polar surface area (TPSA) is 76.8 Å². The molecule has 2 aromatic carbocycles. The van der Waals surface area contributed by atoms with Crippen molar-refractivity contribution < 1.29 is 18.7 Å². The van der Waals surface area contributed by atoms with Crippen molar-refractivity contribution in [2.24, 2.45) is 0 Å².